The highest BCUT2D eigenvalue weighted by Crippen LogP contribution is 2.24. The zero-order valence-corrected chi connectivity index (χ0v) is 14.9. The molecule has 0 aliphatic carbocycles. The number of nitrogens with zero attached hydrogens (tertiary/aromatic N) is 2. The van der Waals surface area contributed by atoms with Gasteiger partial charge < -0.3 is 9.67 Å². The topological polar surface area (TPSA) is 45.5 Å². The van der Waals surface area contributed by atoms with Crippen molar-refractivity contribution in [2.45, 2.75) is 32.8 Å². The molecule has 1 aliphatic heterocycles. The summed E-state index contributed by atoms with van der Waals surface area (Å²) in [5.41, 5.74) is 3.95. The Morgan fingerprint density at radius 2 is 1.88 bits per heavy atom. The average molecular weight is 347 g/mol. The molecule has 5 heteroatoms. The zero-order chi connectivity index (χ0) is 17.3. The van der Waals surface area contributed by atoms with Crippen molar-refractivity contribution in [3.05, 3.63) is 52.3 Å². The van der Waals surface area contributed by atoms with Gasteiger partial charge >= 0.3 is 0 Å². The number of carbonyl (C=O) groups excluding carboxylic acids is 1. The van der Waals surface area contributed by atoms with Crippen molar-refractivity contribution in [1.29, 1.82) is 0 Å². The number of carbonyl (C=O) groups is 1. The SMILES string of the molecule is Cc1cc(Cl)cc(C)c1-n1ccc(C(=O)CN2CCC(O)CC2)c1. The molecule has 2 heterocycles. The quantitative estimate of drug-likeness (QED) is 0.863. The molecule has 0 bridgehead atoms. The second-order valence-corrected chi connectivity index (χ2v) is 7.06. The maximum atomic E-state index is 12.5. The lowest BCUT2D eigenvalue weighted by atomic mass is 10.1. The Labute approximate surface area is 147 Å². The molecule has 0 unspecified atom stereocenters. The number of piperidine rings is 1. The molecule has 1 aromatic heterocycles. The summed E-state index contributed by atoms with van der Waals surface area (Å²) in [6, 6.07) is 5.74. The fourth-order valence-corrected chi connectivity index (χ4v) is 3.71. The van der Waals surface area contributed by atoms with Crippen molar-refractivity contribution < 1.29 is 9.90 Å². The second kappa shape index (κ2) is 7.09. The van der Waals surface area contributed by atoms with Gasteiger partial charge in [0.15, 0.2) is 5.78 Å². The first-order valence-corrected chi connectivity index (χ1v) is 8.70. The number of aryl methyl sites for hydroxylation is 2. The third kappa shape index (κ3) is 3.72. The highest BCUT2D eigenvalue weighted by Gasteiger charge is 2.20. The number of likely N-dealkylation sites (tertiary alicyclic amines) is 1. The monoisotopic (exact) mass is 346 g/mol. The summed E-state index contributed by atoms with van der Waals surface area (Å²) in [6.45, 7) is 6.02. The summed E-state index contributed by atoms with van der Waals surface area (Å²) in [5, 5.41) is 10.3. The maximum Gasteiger partial charge on any atom is 0.178 e. The number of aromatic nitrogens is 1. The molecule has 0 spiro atoms. The number of hydrogen-bond acceptors (Lipinski definition) is 3. The summed E-state index contributed by atoms with van der Waals surface area (Å²) in [6.07, 6.45) is 5.10. The molecule has 1 aromatic carbocycles. The van der Waals surface area contributed by atoms with E-state index in [0.29, 0.717) is 6.54 Å². The number of benzene rings is 1. The van der Waals surface area contributed by atoms with E-state index in [4.69, 9.17) is 11.6 Å². The fourth-order valence-electron chi connectivity index (χ4n) is 3.38. The summed E-state index contributed by atoms with van der Waals surface area (Å²) in [4.78, 5) is 14.6. The largest absolute Gasteiger partial charge is 0.393 e. The molecule has 1 fully saturated rings. The minimum atomic E-state index is -0.215. The summed E-state index contributed by atoms with van der Waals surface area (Å²) in [5.74, 6) is 0.120. The number of halogens is 1. The normalized spacial score (nSPS) is 16.5. The molecule has 24 heavy (non-hydrogen) atoms. The van der Waals surface area contributed by atoms with Crippen LogP contribution in [0.1, 0.15) is 34.3 Å². The molecule has 0 atom stereocenters. The molecule has 4 nitrogen and oxygen atoms in total. The Hall–Kier alpha value is -1.62. The minimum absolute atomic E-state index is 0.120. The second-order valence-electron chi connectivity index (χ2n) is 6.63. The first-order chi connectivity index (χ1) is 11.4. The summed E-state index contributed by atoms with van der Waals surface area (Å²) in [7, 11) is 0. The molecule has 3 rings (SSSR count). The van der Waals surface area contributed by atoms with Gasteiger partial charge in [-0.15, -0.1) is 0 Å². The smallest absolute Gasteiger partial charge is 0.178 e. The van der Waals surface area contributed by atoms with Crippen LogP contribution >= 0.6 is 11.6 Å². The van der Waals surface area contributed by atoms with Gasteiger partial charge in [-0.1, -0.05) is 11.6 Å². The third-order valence-electron chi connectivity index (χ3n) is 4.65. The Kier molecular flexibility index (Phi) is 5.09. The number of Topliss-reactive ketones (excluding diaryl/α,β-unsaturated/α-hetero) is 1. The molecular weight excluding hydrogens is 324 g/mol. The third-order valence-corrected chi connectivity index (χ3v) is 4.87. The van der Waals surface area contributed by atoms with E-state index < -0.39 is 0 Å². The van der Waals surface area contributed by atoms with Crippen LogP contribution in [0.15, 0.2) is 30.6 Å². The van der Waals surface area contributed by atoms with E-state index >= 15 is 0 Å². The number of aliphatic hydroxyl groups excluding tert-OH is 1. The first-order valence-electron chi connectivity index (χ1n) is 8.33. The van der Waals surface area contributed by atoms with Gasteiger partial charge in [-0.05, 0) is 56.0 Å². The van der Waals surface area contributed by atoms with E-state index in [9.17, 15) is 9.90 Å². The van der Waals surface area contributed by atoms with Gasteiger partial charge in [0, 0.05) is 36.1 Å². The van der Waals surface area contributed by atoms with Gasteiger partial charge in [0.2, 0.25) is 0 Å². The Balaban J connectivity index is 1.75. The molecule has 1 saturated heterocycles. The van der Waals surface area contributed by atoms with E-state index in [0.717, 1.165) is 53.3 Å². The van der Waals surface area contributed by atoms with Gasteiger partial charge in [0.25, 0.3) is 0 Å². The van der Waals surface area contributed by atoms with Crippen LogP contribution in [0.2, 0.25) is 5.02 Å². The molecule has 1 aliphatic rings. The Morgan fingerprint density at radius 1 is 1.25 bits per heavy atom. The van der Waals surface area contributed by atoms with Gasteiger partial charge in [-0.3, -0.25) is 9.69 Å². The van der Waals surface area contributed by atoms with Crippen molar-refractivity contribution in [1.82, 2.24) is 9.47 Å². The van der Waals surface area contributed by atoms with E-state index in [-0.39, 0.29) is 11.9 Å². The summed E-state index contributed by atoms with van der Waals surface area (Å²) < 4.78 is 1.99. The fraction of sp³-hybridized carbons (Fsp3) is 0.421. The average Bonchev–Trinajstić information content (AvgIpc) is 2.98. The molecule has 2 aromatic rings. The standard InChI is InChI=1S/C19H23ClN2O2/c1-13-9-16(20)10-14(2)19(13)22-8-3-15(11-22)18(24)12-21-6-4-17(23)5-7-21/h3,8-11,17,23H,4-7,12H2,1-2H3. The van der Waals surface area contributed by atoms with Crippen LogP contribution in [0.5, 0.6) is 0 Å². The van der Waals surface area contributed by atoms with Crippen LogP contribution in [-0.2, 0) is 0 Å². The molecule has 0 radical (unpaired) electrons. The number of ketones is 1. The highest BCUT2D eigenvalue weighted by molar-refractivity contribution is 6.30. The zero-order valence-electron chi connectivity index (χ0n) is 14.1. The Morgan fingerprint density at radius 3 is 2.50 bits per heavy atom. The van der Waals surface area contributed by atoms with Crippen molar-refractivity contribution in [3.63, 3.8) is 0 Å². The van der Waals surface area contributed by atoms with E-state index in [2.05, 4.69) is 4.90 Å². The predicted octanol–water partition coefficient (Wildman–Crippen LogP) is 3.39. The number of hydrogen-bond donors (Lipinski definition) is 1. The van der Waals surface area contributed by atoms with Crippen molar-refractivity contribution in [3.8, 4) is 5.69 Å². The van der Waals surface area contributed by atoms with Crippen LogP contribution in [0.25, 0.3) is 5.69 Å². The van der Waals surface area contributed by atoms with E-state index in [1.165, 1.54) is 0 Å². The first kappa shape index (κ1) is 17.2. The lowest BCUT2D eigenvalue weighted by Crippen LogP contribution is -2.38. The lowest BCUT2D eigenvalue weighted by molar-refractivity contribution is 0.0711. The lowest BCUT2D eigenvalue weighted by Gasteiger charge is -2.28. The van der Waals surface area contributed by atoms with E-state index in [1.54, 1.807) is 0 Å². The molecule has 0 saturated carbocycles. The highest BCUT2D eigenvalue weighted by atomic mass is 35.5. The van der Waals surface area contributed by atoms with Crippen molar-refractivity contribution in [2.75, 3.05) is 19.6 Å². The molecule has 0 amide bonds. The number of aliphatic hydroxyl groups is 1. The molecule has 1 N–H and O–H groups in total. The van der Waals surface area contributed by atoms with Gasteiger partial charge in [-0.2, -0.15) is 0 Å². The predicted molar refractivity (Wildman–Crippen MR) is 96.3 cm³/mol. The van der Waals surface area contributed by atoms with Crippen molar-refractivity contribution in [2.24, 2.45) is 0 Å². The van der Waals surface area contributed by atoms with E-state index in [1.807, 2.05) is 49.0 Å². The van der Waals surface area contributed by atoms with Crippen LogP contribution in [-0.4, -0.2) is 46.1 Å². The van der Waals surface area contributed by atoms with Crippen molar-refractivity contribution >= 4 is 17.4 Å². The van der Waals surface area contributed by atoms with Gasteiger partial charge in [0.05, 0.1) is 18.3 Å². The molecular formula is C19H23ClN2O2. The van der Waals surface area contributed by atoms with Gasteiger partial charge in [0.1, 0.15) is 0 Å². The molecule has 128 valence electrons. The van der Waals surface area contributed by atoms with Crippen LogP contribution in [0, 0.1) is 13.8 Å². The maximum absolute atomic E-state index is 12.5. The van der Waals surface area contributed by atoms with Crippen LogP contribution < -0.4 is 0 Å². The van der Waals surface area contributed by atoms with Crippen LogP contribution in [0.3, 0.4) is 0 Å². The van der Waals surface area contributed by atoms with Crippen LogP contribution in [0.4, 0.5) is 0 Å². The number of rotatable bonds is 4. The Bertz CT molecular complexity index is 723. The van der Waals surface area contributed by atoms with Gasteiger partial charge in [-0.25, -0.2) is 0 Å². The summed E-state index contributed by atoms with van der Waals surface area (Å²) >= 11 is 6.10. The minimum Gasteiger partial charge on any atom is -0.393 e.